The van der Waals surface area contributed by atoms with Gasteiger partial charge in [-0.2, -0.15) is 5.10 Å². The topological polar surface area (TPSA) is 114 Å². The van der Waals surface area contributed by atoms with Crippen molar-refractivity contribution < 1.29 is 24.0 Å². The summed E-state index contributed by atoms with van der Waals surface area (Å²) in [5, 5.41) is 24.5. The van der Waals surface area contributed by atoms with Crippen LogP contribution in [0.15, 0.2) is 41.5 Å². The second-order valence-electron chi connectivity index (χ2n) is 4.78. The van der Waals surface area contributed by atoms with Crippen LogP contribution in [0.5, 0.6) is 11.5 Å². The minimum absolute atomic E-state index is 0.0667. The molecule has 0 atom stereocenters. The van der Waals surface area contributed by atoms with Crippen LogP contribution < -0.4 is 10.2 Å². The first-order valence-corrected chi connectivity index (χ1v) is 7.15. The Kier molecular flexibility index (Phi) is 5.62. The predicted molar refractivity (Wildman–Crippen MR) is 87.4 cm³/mol. The number of ether oxygens (including phenoxy) is 1. The van der Waals surface area contributed by atoms with Crippen molar-refractivity contribution >= 4 is 17.8 Å². The van der Waals surface area contributed by atoms with E-state index in [1.807, 2.05) is 0 Å². The Labute approximate surface area is 141 Å². The summed E-state index contributed by atoms with van der Waals surface area (Å²) in [6.07, 6.45) is 1.16. The lowest BCUT2D eigenvalue weighted by atomic mass is 10.2. The van der Waals surface area contributed by atoms with Crippen LogP contribution in [-0.4, -0.2) is 28.8 Å². The zero-order chi connectivity index (χ0) is 18.4. The third-order valence-corrected chi connectivity index (χ3v) is 3.06. The number of hydrogen-bond donors (Lipinski definition) is 2. The van der Waals surface area contributed by atoms with Crippen LogP contribution in [0.2, 0.25) is 0 Å². The number of phenolic OH excluding ortho intramolecular Hbond substituents is 1. The molecule has 2 N–H and O–H groups in total. The van der Waals surface area contributed by atoms with Gasteiger partial charge in [0.15, 0.2) is 5.75 Å². The maximum atomic E-state index is 12.8. The van der Waals surface area contributed by atoms with Crippen molar-refractivity contribution in [2.75, 3.05) is 6.61 Å². The first kappa shape index (κ1) is 17.9. The molecule has 8 nitrogen and oxygen atoms in total. The summed E-state index contributed by atoms with van der Waals surface area (Å²) in [5.41, 5.74) is 2.11. The Morgan fingerprint density at radius 3 is 2.68 bits per heavy atom. The van der Waals surface area contributed by atoms with Crippen molar-refractivity contribution in [3.05, 3.63) is 63.5 Å². The predicted octanol–water partition coefficient (Wildman–Crippen LogP) is 2.60. The molecule has 0 bridgehead atoms. The Hall–Kier alpha value is -3.49. The molecule has 25 heavy (non-hydrogen) atoms. The quantitative estimate of drug-likeness (QED) is 0.473. The summed E-state index contributed by atoms with van der Waals surface area (Å²) in [6, 6.07) is 7.29. The molecule has 0 aliphatic rings. The second-order valence-corrected chi connectivity index (χ2v) is 4.78. The van der Waals surface area contributed by atoms with Crippen LogP contribution in [0.25, 0.3) is 0 Å². The molecule has 0 unspecified atom stereocenters. The number of aromatic hydroxyl groups is 1. The number of nitro benzene ring substituents is 1. The number of rotatable bonds is 6. The van der Waals surface area contributed by atoms with Gasteiger partial charge in [0.1, 0.15) is 5.82 Å². The van der Waals surface area contributed by atoms with E-state index >= 15 is 0 Å². The molecule has 2 rings (SSSR count). The minimum atomic E-state index is -0.758. The van der Waals surface area contributed by atoms with E-state index in [1.54, 1.807) is 6.92 Å². The fourth-order valence-electron chi connectivity index (χ4n) is 1.92. The monoisotopic (exact) mass is 347 g/mol. The van der Waals surface area contributed by atoms with Crippen LogP contribution >= 0.6 is 0 Å². The third kappa shape index (κ3) is 4.50. The lowest BCUT2D eigenvalue weighted by Gasteiger charge is -2.07. The largest absolute Gasteiger partial charge is 0.500 e. The van der Waals surface area contributed by atoms with E-state index in [0.717, 1.165) is 24.4 Å². The summed E-state index contributed by atoms with van der Waals surface area (Å²) >= 11 is 0. The van der Waals surface area contributed by atoms with Crippen LogP contribution in [-0.2, 0) is 0 Å². The smallest absolute Gasteiger partial charge is 0.315 e. The van der Waals surface area contributed by atoms with E-state index < -0.39 is 28.1 Å². The lowest BCUT2D eigenvalue weighted by Crippen LogP contribution is -2.17. The highest BCUT2D eigenvalue weighted by Gasteiger charge is 2.19. The summed E-state index contributed by atoms with van der Waals surface area (Å²) in [4.78, 5) is 22.0. The molecule has 0 radical (unpaired) electrons. The molecule has 9 heteroatoms. The Morgan fingerprint density at radius 1 is 1.40 bits per heavy atom. The molecule has 0 saturated carbocycles. The number of halogens is 1. The molecule has 1 amide bonds. The van der Waals surface area contributed by atoms with Gasteiger partial charge in [0.2, 0.25) is 5.75 Å². The zero-order valence-corrected chi connectivity index (χ0v) is 13.1. The fourth-order valence-corrected chi connectivity index (χ4v) is 1.92. The van der Waals surface area contributed by atoms with Gasteiger partial charge in [-0.05, 0) is 37.3 Å². The summed E-state index contributed by atoms with van der Waals surface area (Å²) in [7, 11) is 0. The standard InChI is InChI=1S/C16H14FN3O5/c1-2-25-14-8-10(7-13(15(14)21)20(23)24)9-18-19-16(22)11-3-5-12(17)6-4-11/h3-9,21H,2H2,1H3,(H,19,22)/b18-9-. The number of amides is 1. The number of benzene rings is 2. The molecule has 0 saturated heterocycles. The van der Waals surface area contributed by atoms with E-state index in [2.05, 4.69) is 10.5 Å². The first-order valence-electron chi connectivity index (χ1n) is 7.15. The number of nitro groups is 1. The van der Waals surface area contributed by atoms with Crippen molar-refractivity contribution in [1.29, 1.82) is 0 Å². The molecule has 0 aliphatic carbocycles. The van der Waals surface area contributed by atoms with Crippen LogP contribution in [0.1, 0.15) is 22.8 Å². The number of nitrogens with zero attached hydrogens (tertiary/aromatic N) is 2. The first-order chi connectivity index (χ1) is 11.9. The van der Waals surface area contributed by atoms with Crippen LogP contribution in [0.3, 0.4) is 0 Å². The molecular formula is C16H14FN3O5. The van der Waals surface area contributed by atoms with Crippen molar-refractivity contribution in [2.24, 2.45) is 5.10 Å². The van der Waals surface area contributed by atoms with Gasteiger partial charge in [0, 0.05) is 17.2 Å². The average molecular weight is 347 g/mol. The second kappa shape index (κ2) is 7.86. The van der Waals surface area contributed by atoms with Crippen molar-refractivity contribution in [1.82, 2.24) is 5.43 Å². The van der Waals surface area contributed by atoms with Gasteiger partial charge in [0.05, 0.1) is 17.7 Å². The molecule has 0 aromatic heterocycles. The maximum Gasteiger partial charge on any atom is 0.315 e. The van der Waals surface area contributed by atoms with Crippen molar-refractivity contribution in [3.8, 4) is 11.5 Å². The molecule has 2 aromatic rings. The zero-order valence-electron chi connectivity index (χ0n) is 13.1. The van der Waals surface area contributed by atoms with Crippen LogP contribution in [0, 0.1) is 15.9 Å². The van der Waals surface area contributed by atoms with Gasteiger partial charge in [-0.15, -0.1) is 0 Å². The summed E-state index contributed by atoms with van der Waals surface area (Å²) in [6.45, 7) is 1.86. The van der Waals surface area contributed by atoms with E-state index in [1.165, 1.54) is 18.2 Å². The highest BCUT2D eigenvalue weighted by atomic mass is 19.1. The number of carbonyl (C=O) groups is 1. The van der Waals surface area contributed by atoms with E-state index in [9.17, 15) is 24.4 Å². The number of nitrogens with one attached hydrogen (secondary N) is 1. The Morgan fingerprint density at radius 2 is 2.08 bits per heavy atom. The fraction of sp³-hybridized carbons (Fsp3) is 0.125. The molecule has 130 valence electrons. The van der Waals surface area contributed by atoms with Gasteiger partial charge < -0.3 is 9.84 Å². The number of hydrogen-bond acceptors (Lipinski definition) is 6. The molecule has 0 heterocycles. The summed E-state index contributed by atoms with van der Waals surface area (Å²) in [5.74, 6) is -1.70. The van der Waals surface area contributed by atoms with Gasteiger partial charge >= 0.3 is 5.69 Å². The van der Waals surface area contributed by atoms with E-state index in [0.29, 0.717) is 0 Å². The van der Waals surface area contributed by atoms with Gasteiger partial charge in [-0.1, -0.05) is 0 Å². The molecule has 0 fully saturated rings. The molecule has 0 aliphatic heterocycles. The average Bonchev–Trinajstić information content (AvgIpc) is 2.58. The van der Waals surface area contributed by atoms with Gasteiger partial charge in [-0.25, -0.2) is 9.82 Å². The van der Waals surface area contributed by atoms with Gasteiger partial charge in [-0.3, -0.25) is 14.9 Å². The van der Waals surface area contributed by atoms with Gasteiger partial charge in [0.25, 0.3) is 5.91 Å². The summed E-state index contributed by atoms with van der Waals surface area (Å²) < 4.78 is 17.9. The highest BCUT2D eigenvalue weighted by Crippen LogP contribution is 2.36. The van der Waals surface area contributed by atoms with Crippen LogP contribution in [0.4, 0.5) is 10.1 Å². The molecule has 0 spiro atoms. The van der Waals surface area contributed by atoms with E-state index in [-0.39, 0.29) is 23.5 Å². The third-order valence-electron chi connectivity index (χ3n) is 3.06. The maximum absolute atomic E-state index is 12.8. The number of hydrazone groups is 1. The lowest BCUT2D eigenvalue weighted by molar-refractivity contribution is -0.386. The molecular weight excluding hydrogens is 333 g/mol. The normalized spacial score (nSPS) is 10.6. The van der Waals surface area contributed by atoms with Crippen molar-refractivity contribution in [3.63, 3.8) is 0 Å². The Bertz CT molecular complexity index is 821. The van der Waals surface area contributed by atoms with E-state index in [4.69, 9.17) is 4.74 Å². The number of phenols is 1. The SMILES string of the molecule is CCOc1cc(/C=N\NC(=O)c2ccc(F)cc2)cc([N+](=O)[O-])c1O. The van der Waals surface area contributed by atoms with Crippen molar-refractivity contribution in [2.45, 2.75) is 6.92 Å². The number of carbonyl (C=O) groups excluding carboxylic acids is 1. The molecule has 2 aromatic carbocycles. The highest BCUT2D eigenvalue weighted by molar-refractivity contribution is 5.95. The minimum Gasteiger partial charge on any atom is -0.500 e. The Balaban J connectivity index is 2.18.